The molecule has 4 nitrogen and oxygen atoms in total. The summed E-state index contributed by atoms with van der Waals surface area (Å²) in [7, 11) is 0. The summed E-state index contributed by atoms with van der Waals surface area (Å²) in [6, 6.07) is 5.97. The lowest BCUT2D eigenvalue weighted by atomic mass is 10.1. The first kappa shape index (κ1) is 12.9. The molecular weight excluding hydrogens is 268 g/mol. The fraction of sp³-hybridized carbons (Fsp3) is 0.333. The van der Waals surface area contributed by atoms with E-state index in [1.165, 1.54) is 30.6 Å². The Morgan fingerprint density at radius 3 is 2.65 bits per heavy atom. The van der Waals surface area contributed by atoms with Crippen LogP contribution in [-0.4, -0.2) is 18.1 Å². The molecule has 2 aromatic heterocycles. The fourth-order valence-electron chi connectivity index (χ4n) is 2.47. The molecule has 1 fully saturated rings. The molecule has 0 saturated carbocycles. The minimum Gasteiger partial charge on any atom is -0.399 e. The van der Waals surface area contributed by atoms with E-state index in [0.717, 1.165) is 29.3 Å². The topological polar surface area (TPSA) is 46.5 Å². The van der Waals surface area contributed by atoms with Crippen molar-refractivity contribution in [1.29, 1.82) is 0 Å². The number of hydrogen-bond donors (Lipinski definition) is 1. The zero-order valence-electron chi connectivity index (χ0n) is 11.2. The third kappa shape index (κ3) is 2.47. The van der Waals surface area contributed by atoms with E-state index in [1.807, 2.05) is 12.3 Å². The van der Waals surface area contributed by atoms with Gasteiger partial charge < -0.3 is 10.6 Å². The summed E-state index contributed by atoms with van der Waals surface area (Å²) in [5.41, 5.74) is 7.37. The second-order valence-corrected chi connectivity index (χ2v) is 6.01. The van der Waals surface area contributed by atoms with Gasteiger partial charge in [-0.2, -0.15) is 0 Å². The molecule has 2 N–H and O–H groups in total. The third-order valence-corrected chi connectivity index (χ3v) is 4.58. The van der Waals surface area contributed by atoms with Crippen LogP contribution < -0.4 is 10.6 Å². The van der Waals surface area contributed by atoms with Crippen LogP contribution in [0, 0.1) is 6.57 Å². The third-order valence-electron chi connectivity index (χ3n) is 3.57. The predicted molar refractivity (Wildman–Crippen MR) is 84.3 cm³/mol. The van der Waals surface area contributed by atoms with Crippen LogP contribution in [0.2, 0.25) is 0 Å². The average Bonchev–Trinajstić information content (AvgIpc) is 2.89. The normalized spacial score (nSPS) is 15.1. The van der Waals surface area contributed by atoms with E-state index in [-0.39, 0.29) is 0 Å². The number of piperidine rings is 1. The number of aromatic nitrogens is 1. The van der Waals surface area contributed by atoms with Gasteiger partial charge in [0.2, 0.25) is 5.69 Å². The van der Waals surface area contributed by atoms with Crippen LogP contribution in [0.3, 0.4) is 0 Å². The van der Waals surface area contributed by atoms with Crippen molar-refractivity contribution in [3.63, 3.8) is 0 Å². The number of anilines is 2. The summed E-state index contributed by atoms with van der Waals surface area (Å²) >= 11 is 1.44. The summed E-state index contributed by atoms with van der Waals surface area (Å²) < 4.78 is 0. The molecule has 20 heavy (non-hydrogen) atoms. The molecule has 0 unspecified atom stereocenters. The predicted octanol–water partition coefficient (Wildman–Crippen LogP) is 3.93. The number of nitrogens with two attached hydrogens (primary N) is 1. The van der Waals surface area contributed by atoms with Gasteiger partial charge >= 0.3 is 0 Å². The molecule has 0 aliphatic carbocycles. The van der Waals surface area contributed by atoms with E-state index in [0.29, 0.717) is 10.7 Å². The van der Waals surface area contributed by atoms with Crippen molar-refractivity contribution in [2.24, 2.45) is 0 Å². The number of thiophene rings is 1. The SMILES string of the molecule is [C-]#[N+]c1cc(-c2ccc(N3CCCCC3)nc2)sc1N. The second-order valence-electron chi connectivity index (χ2n) is 4.92. The van der Waals surface area contributed by atoms with Gasteiger partial charge in [-0.3, -0.25) is 0 Å². The van der Waals surface area contributed by atoms with Crippen LogP contribution in [0.4, 0.5) is 16.5 Å². The first-order valence-corrected chi connectivity index (χ1v) is 7.58. The van der Waals surface area contributed by atoms with E-state index in [9.17, 15) is 0 Å². The summed E-state index contributed by atoms with van der Waals surface area (Å²) in [4.78, 5) is 11.3. The quantitative estimate of drug-likeness (QED) is 0.850. The molecule has 0 aromatic carbocycles. The van der Waals surface area contributed by atoms with Crippen molar-refractivity contribution in [2.75, 3.05) is 23.7 Å². The Morgan fingerprint density at radius 2 is 2.05 bits per heavy atom. The minimum absolute atomic E-state index is 0.533. The highest BCUT2D eigenvalue weighted by atomic mass is 32.1. The van der Waals surface area contributed by atoms with Crippen LogP contribution in [0.25, 0.3) is 15.3 Å². The number of pyridine rings is 1. The van der Waals surface area contributed by atoms with Crippen LogP contribution in [0.5, 0.6) is 0 Å². The Morgan fingerprint density at radius 1 is 1.25 bits per heavy atom. The summed E-state index contributed by atoms with van der Waals surface area (Å²) in [6.07, 6.45) is 5.70. The van der Waals surface area contributed by atoms with Crippen molar-refractivity contribution >= 4 is 27.8 Å². The van der Waals surface area contributed by atoms with Crippen LogP contribution in [-0.2, 0) is 0 Å². The van der Waals surface area contributed by atoms with Crippen molar-refractivity contribution in [3.8, 4) is 10.4 Å². The largest absolute Gasteiger partial charge is 0.399 e. The Kier molecular flexibility index (Phi) is 3.57. The van der Waals surface area contributed by atoms with Crippen molar-refractivity contribution in [1.82, 2.24) is 4.98 Å². The number of nitrogens with zero attached hydrogens (tertiary/aromatic N) is 3. The van der Waals surface area contributed by atoms with E-state index in [1.54, 1.807) is 0 Å². The van der Waals surface area contributed by atoms with E-state index < -0.39 is 0 Å². The van der Waals surface area contributed by atoms with E-state index in [2.05, 4.69) is 26.9 Å². The Hall–Kier alpha value is -2.06. The van der Waals surface area contributed by atoms with E-state index in [4.69, 9.17) is 12.3 Å². The fourth-order valence-corrected chi connectivity index (χ4v) is 3.32. The smallest absolute Gasteiger partial charge is 0.220 e. The second kappa shape index (κ2) is 5.51. The van der Waals surface area contributed by atoms with Gasteiger partial charge in [0.1, 0.15) is 5.82 Å². The molecule has 0 radical (unpaired) electrons. The molecular formula is C15H16N4S. The molecule has 3 heterocycles. The maximum absolute atomic E-state index is 7.06. The minimum atomic E-state index is 0.533. The highest BCUT2D eigenvalue weighted by Crippen LogP contribution is 2.38. The Bertz CT molecular complexity index is 633. The van der Waals surface area contributed by atoms with Gasteiger partial charge in [0.25, 0.3) is 0 Å². The van der Waals surface area contributed by atoms with Gasteiger partial charge in [-0.05, 0) is 37.5 Å². The standard InChI is InChI=1S/C15H16N4S/c1-17-12-9-13(20-15(12)16)11-5-6-14(18-10-11)19-7-3-2-4-8-19/h5-6,9-10H,2-4,7-8,16H2. The van der Waals surface area contributed by atoms with Gasteiger partial charge in [-0.15, -0.1) is 11.3 Å². The van der Waals surface area contributed by atoms with Gasteiger partial charge in [-0.1, -0.05) is 0 Å². The van der Waals surface area contributed by atoms with Crippen molar-refractivity contribution in [3.05, 3.63) is 35.8 Å². The zero-order chi connectivity index (χ0) is 13.9. The van der Waals surface area contributed by atoms with Crippen LogP contribution in [0.15, 0.2) is 24.4 Å². The van der Waals surface area contributed by atoms with Crippen molar-refractivity contribution < 1.29 is 0 Å². The van der Waals surface area contributed by atoms with Gasteiger partial charge in [0.05, 0.1) is 11.6 Å². The molecule has 0 spiro atoms. The maximum Gasteiger partial charge on any atom is 0.220 e. The molecule has 0 bridgehead atoms. The van der Waals surface area contributed by atoms with Gasteiger partial charge in [0.15, 0.2) is 0 Å². The molecule has 2 aromatic rings. The summed E-state index contributed by atoms with van der Waals surface area (Å²) in [6.45, 7) is 9.25. The molecule has 1 aliphatic heterocycles. The summed E-state index contributed by atoms with van der Waals surface area (Å²) in [5.74, 6) is 1.04. The lowest BCUT2D eigenvalue weighted by Gasteiger charge is -2.27. The van der Waals surface area contributed by atoms with Gasteiger partial charge in [-0.25, -0.2) is 9.83 Å². The molecule has 1 aliphatic rings. The van der Waals surface area contributed by atoms with E-state index >= 15 is 0 Å². The zero-order valence-corrected chi connectivity index (χ0v) is 12.0. The molecule has 3 rings (SSSR count). The lowest BCUT2D eigenvalue weighted by molar-refractivity contribution is 0.573. The van der Waals surface area contributed by atoms with Gasteiger partial charge in [0, 0.05) is 29.7 Å². The first-order chi connectivity index (χ1) is 9.78. The molecule has 0 atom stereocenters. The monoisotopic (exact) mass is 284 g/mol. The highest BCUT2D eigenvalue weighted by molar-refractivity contribution is 7.20. The maximum atomic E-state index is 7.06. The molecule has 102 valence electrons. The first-order valence-electron chi connectivity index (χ1n) is 6.76. The average molecular weight is 284 g/mol. The molecule has 1 saturated heterocycles. The number of rotatable bonds is 2. The number of hydrogen-bond acceptors (Lipinski definition) is 4. The Labute approximate surface area is 122 Å². The van der Waals surface area contributed by atoms with Crippen molar-refractivity contribution in [2.45, 2.75) is 19.3 Å². The summed E-state index contributed by atoms with van der Waals surface area (Å²) in [5, 5.41) is 0.579. The Balaban J connectivity index is 1.83. The van der Waals surface area contributed by atoms with Crippen LogP contribution in [0.1, 0.15) is 19.3 Å². The molecule has 0 amide bonds. The highest BCUT2D eigenvalue weighted by Gasteiger charge is 2.13. The van der Waals surface area contributed by atoms with Crippen LogP contribution >= 0.6 is 11.3 Å². The lowest BCUT2D eigenvalue weighted by Crippen LogP contribution is -2.29. The number of nitrogen functional groups attached to an aromatic ring is 1. The molecule has 5 heteroatoms.